The minimum atomic E-state index is -3.43. The van der Waals surface area contributed by atoms with Crippen LogP contribution in [0.5, 0.6) is 0 Å². The number of hydrogen-bond donors (Lipinski definition) is 3. The van der Waals surface area contributed by atoms with Crippen LogP contribution in [0.25, 0.3) is 0 Å². The number of nitrogens with one attached hydrogen (secondary N) is 2. The fourth-order valence-electron chi connectivity index (χ4n) is 2.66. The standard InChI is InChI=1S/C18H27N2O6P/c1-13(14-8-6-5-7-9-14)20-27(23)25-12-18(2,3)16(26-27)17(22)19-11-10-15(21)24-4/h5-9,13,16,20,23H,10-12H2,1-4H3/p+1/t13?,16-,27?/m0/s1. The molecule has 9 heteroatoms. The van der Waals surface area contributed by atoms with Gasteiger partial charge in [0.15, 0.2) is 6.10 Å². The number of carbonyl (C=O) groups is 2. The predicted molar refractivity (Wildman–Crippen MR) is 101 cm³/mol. The summed E-state index contributed by atoms with van der Waals surface area (Å²) in [7, 11) is -2.14. The van der Waals surface area contributed by atoms with E-state index in [1.165, 1.54) is 7.11 Å². The molecule has 2 rings (SSSR count). The first-order chi connectivity index (χ1) is 12.7. The van der Waals surface area contributed by atoms with E-state index in [0.717, 1.165) is 5.56 Å². The van der Waals surface area contributed by atoms with Crippen LogP contribution in [0.1, 0.15) is 38.8 Å². The Morgan fingerprint density at radius 3 is 2.67 bits per heavy atom. The Morgan fingerprint density at radius 2 is 2.04 bits per heavy atom. The van der Waals surface area contributed by atoms with E-state index in [-0.39, 0.29) is 25.6 Å². The molecule has 150 valence electrons. The van der Waals surface area contributed by atoms with Gasteiger partial charge in [0, 0.05) is 12.0 Å². The first-order valence-corrected chi connectivity index (χ1v) is 10.4. The summed E-state index contributed by atoms with van der Waals surface area (Å²) >= 11 is 0. The average Bonchev–Trinajstić information content (AvgIpc) is 2.64. The van der Waals surface area contributed by atoms with Gasteiger partial charge < -0.3 is 10.1 Å². The summed E-state index contributed by atoms with van der Waals surface area (Å²) in [5.41, 5.74) is 0.321. The minimum absolute atomic E-state index is 0.0641. The smallest absolute Gasteiger partial charge is 0.469 e. The Labute approximate surface area is 160 Å². The summed E-state index contributed by atoms with van der Waals surface area (Å²) in [5, 5.41) is 5.64. The summed E-state index contributed by atoms with van der Waals surface area (Å²) < 4.78 is 15.9. The average molecular weight is 399 g/mol. The third-order valence-corrected chi connectivity index (χ3v) is 6.01. The van der Waals surface area contributed by atoms with Crippen molar-refractivity contribution >= 4 is 20.0 Å². The van der Waals surface area contributed by atoms with Crippen molar-refractivity contribution in [2.75, 3.05) is 20.3 Å². The number of amides is 1. The van der Waals surface area contributed by atoms with E-state index in [0.29, 0.717) is 0 Å². The molecule has 0 saturated carbocycles. The number of esters is 1. The van der Waals surface area contributed by atoms with Gasteiger partial charge in [-0.1, -0.05) is 44.2 Å². The normalized spacial score (nSPS) is 25.4. The zero-order chi connectivity index (χ0) is 20.1. The first-order valence-electron chi connectivity index (χ1n) is 8.79. The Kier molecular flexibility index (Phi) is 7.31. The molecule has 0 spiro atoms. The topological polar surface area (TPSA) is 106 Å². The lowest BCUT2D eigenvalue weighted by Crippen LogP contribution is -2.52. The number of benzene rings is 1. The van der Waals surface area contributed by atoms with Crippen molar-refractivity contribution < 1.29 is 28.3 Å². The molecule has 1 aliphatic heterocycles. The van der Waals surface area contributed by atoms with Gasteiger partial charge in [0.05, 0.1) is 19.6 Å². The molecule has 1 aliphatic rings. The molecule has 3 N–H and O–H groups in total. The largest absolute Gasteiger partial charge is 0.500 e. The zero-order valence-electron chi connectivity index (χ0n) is 16.1. The number of rotatable bonds is 7. The van der Waals surface area contributed by atoms with Gasteiger partial charge in [-0.3, -0.25) is 9.59 Å². The van der Waals surface area contributed by atoms with E-state index < -0.39 is 31.5 Å². The molecule has 1 heterocycles. The van der Waals surface area contributed by atoms with Crippen LogP contribution in [-0.2, 0) is 23.4 Å². The Balaban J connectivity index is 2.02. The lowest BCUT2D eigenvalue weighted by molar-refractivity contribution is -0.142. The Morgan fingerprint density at radius 1 is 1.37 bits per heavy atom. The van der Waals surface area contributed by atoms with Gasteiger partial charge in [-0.15, -0.1) is 9.61 Å². The fourth-order valence-corrected chi connectivity index (χ4v) is 4.67. The van der Waals surface area contributed by atoms with Gasteiger partial charge in [0.2, 0.25) is 0 Å². The maximum Gasteiger partial charge on any atom is 0.500 e. The molecule has 2 unspecified atom stereocenters. The van der Waals surface area contributed by atoms with Crippen LogP contribution >= 0.6 is 8.09 Å². The van der Waals surface area contributed by atoms with Gasteiger partial charge in [0.25, 0.3) is 5.91 Å². The van der Waals surface area contributed by atoms with E-state index in [4.69, 9.17) is 9.05 Å². The third kappa shape index (κ3) is 5.96. The van der Waals surface area contributed by atoms with Crippen molar-refractivity contribution in [3.8, 4) is 0 Å². The summed E-state index contributed by atoms with van der Waals surface area (Å²) in [4.78, 5) is 34.6. The van der Waals surface area contributed by atoms with E-state index in [1.807, 2.05) is 51.1 Å². The van der Waals surface area contributed by atoms with Gasteiger partial charge in [0.1, 0.15) is 6.61 Å². The lowest BCUT2D eigenvalue weighted by atomic mass is 9.87. The molecule has 3 atom stereocenters. The van der Waals surface area contributed by atoms with Crippen molar-refractivity contribution in [3.05, 3.63) is 35.9 Å². The fraction of sp³-hybridized carbons (Fsp3) is 0.556. The second-order valence-electron chi connectivity index (χ2n) is 7.15. The molecule has 8 nitrogen and oxygen atoms in total. The highest BCUT2D eigenvalue weighted by Crippen LogP contribution is 2.61. The Hall–Kier alpha value is -1.57. The van der Waals surface area contributed by atoms with Crippen molar-refractivity contribution in [2.24, 2.45) is 5.41 Å². The third-order valence-electron chi connectivity index (χ3n) is 4.32. The molecule has 1 aromatic carbocycles. The summed E-state index contributed by atoms with van der Waals surface area (Å²) in [6.07, 6.45) is -0.855. The van der Waals surface area contributed by atoms with Crippen LogP contribution in [0.4, 0.5) is 0 Å². The molecule has 1 saturated heterocycles. The molecule has 1 fully saturated rings. The number of hydrogen-bond acceptors (Lipinski definition) is 7. The molecule has 0 aliphatic carbocycles. The maximum absolute atomic E-state index is 12.6. The Bertz CT molecular complexity index is 657. The monoisotopic (exact) mass is 399 g/mol. The van der Waals surface area contributed by atoms with Crippen LogP contribution in [-0.4, -0.2) is 43.1 Å². The maximum atomic E-state index is 12.6. The van der Waals surface area contributed by atoms with Crippen LogP contribution in [0.2, 0.25) is 0 Å². The predicted octanol–water partition coefficient (Wildman–Crippen LogP) is 2.13. The van der Waals surface area contributed by atoms with Crippen LogP contribution < -0.4 is 10.4 Å². The highest BCUT2D eigenvalue weighted by atomic mass is 31.2. The summed E-state index contributed by atoms with van der Waals surface area (Å²) in [6, 6.07) is 9.33. The molecule has 0 bridgehead atoms. The van der Waals surface area contributed by atoms with Crippen LogP contribution in [0, 0.1) is 5.41 Å². The number of ether oxygens (including phenoxy) is 1. The number of carbonyl (C=O) groups excluding carboxylic acids is 2. The highest BCUT2D eigenvalue weighted by Gasteiger charge is 2.58. The second kappa shape index (κ2) is 9.08. The molecule has 27 heavy (non-hydrogen) atoms. The highest BCUT2D eigenvalue weighted by molar-refractivity contribution is 7.58. The van der Waals surface area contributed by atoms with Crippen LogP contribution in [0.15, 0.2) is 30.3 Å². The molecule has 1 aromatic rings. The minimum Gasteiger partial charge on any atom is -0.469 e. The summed E-state index contributed by atoms with van der Waals surface area (Å²) in [5.74, 6) is -0.815. The first kappa shape index (κ1) is 21.7. The van der Waals surface area contributed by atoms with Gasteiger partial charge in [-0.25, -0.2) is 0 Å². The van der Waals surface area contributed by atoms with E-state index in [9.17, 15) is 14.5 Å². The van der Waals surface area contributed by atoms with Gasteiger partial charge in [-0.2, -0.15) is 9.42 Å². The second-order valence-corrected chi connectivity index (χ2v) is 8.91. The van der Waals surface area contributed by atoms with E-state index in [2.05, 4.69) is 15.1 Å². The molecule has 0 aromatic heterocycles. The van der Waals surface area contributed by atoms with Crippen molar-refractivity contribution in [1.82, 2.24) is 10.4 Å². The zero-order valence-corrected chi connectivity index (χ0v) is 17.0. The van der Waals surface area contributed by atoms with Crippen molar-refractivity contribution in [3.63, 3.8) is 0 Å². The van der Waals surface area contributed by atoms with Crippen molar-refractivity contribution in [1.29, 1.82) is 0 Å². The van der Waals surface area contributed by atoms with Gasteiger partial charge >= 0.3 is 14.1 Å². The molecule has 0 radical (unpaired) electrons. The lowest BCUT2D eigenvalue weighted by Gasteiger charge is -2.37. The molecule has 1 amide bonds. The van der Waals surface area contributed by atoms with E-state index in [1.54, 1.807) is 0 Å². The van der Waals surface area contributed by atoms with Gasteiger partial charge in [-0.05, 0) is 12.5 Å². The van der Waals surface area contributed by atoms with Crippen molar-refractivity contribution in [2.45, 2.75) is 39.3 Å². The number of methoxy groups -OCH3 is 1. The summed E-state index contributed by atoms with van der Waals surface area (Å²) in [6.45, 7) is 5.81. The SMILES string of the molecule is COC(=O)CCNC(=O)[C@@H]1O[P+](O)(NC(C)c2ccccc2)OCC1(C)C. The quantitative estimate of drug-likeness (QED) is 0.476. The molecular weight excluding hydrogens is 371 g/mol. The van der Waals surface area contributed by atoms with E-state index >= 15 is 0 Å². The van der Waals surface area contributed by atoms with Crippen LogP contribution in [0.3, 0.4) is 0 Å². The molecular formula is C18H28N2O6P+.